The minimum atomic E-state index is -1.01. The predicted octanol–water partition coefficient (Wildman–Crippen LogP) is 1.30. The van der Waals surface area contributed by atoms with Crippen molar-refractivity contribution in [2.24, 2.45) is 11.5 Å². The van der Waals surface area contributed by atoms with E-state index in [0.29, 0.717) is 24.2 Å². The molecule has 0 saturated carbocycles. The van der Waals surface area contributed by atoms with E-state index >= 15 is 0 Å². The van der Waals surface area contributed by atoms with Crippen LogP contribution in [-0.4, -0.2) is 53.5 Å². The van der Waals surface area contributed by atoms with E-state index in [2.05, 4.69) is 5.32 Å². The van der Waals surface area contributed by atoms with Gasteiger partial charge in [0.05, 0.1) is 0 Å². The molecule has 9 nitrogen and oxygen atoms in total. The van der Waals surface area contributed by atoms with Crippen molar-refractivity contribution >= 4 is 18.5 Å². The number of nitrogens with zero attached hydrogens (tertiary/aromatic N) is 1. The molecule has 0 saturated heterocycles. The quantitative estimate of drug-likeness (QED) is 0.351. The number of aldehydes is 1. The smallest absolute Gasteiger partial charge is 0.420 e. The molecule has 0 fully saturated rings. The van der Waals surface area contributed by atoms with Gasteiger partial charge >= 0.3 is 12.2 Å². The van der Waals surface area contributed by atoms with Gasteiger partial charge in [0.2, 0.25) is 0 Å². The zero-order valence-electron chi connectivity index (χ0n) is 16.0. The largest absolute Gasteiger partial charge is 0.443 e. The highest BCUT2D eigenvalue weighted by Crippen LogP contribution is 2.18. The van der Waals surface area contributed by atoms with Crippen molar-refractivity contribution in [1.29, 1.82) is 0 Å². The molecule has 9 heteroatoms. The van der Waals surface area contributed by atoms with Gasteiger partial charge in [-0.15, -0.1) is 0 Å². The van der Waals surface area contributed by atoms with Crippen molar-refractivity contribution in [1.82, 2.24) is 10.2 Å². The van der Waals surface area contributed by atoms with Crippen molar-refractivity contribution < 1.29 is 23.9 Å². The van der Waals surface area contributed by atoms with E-state index in [9.17, 15) is 14.4 Å². The van der Waals surface area contributed by atoms with Gasteiger partial charge in [0.1, 0.15) is 29.8 Å². The van der Waals surface area contributed by atoms with Crippen LogP contribution in [0.3, 0.4) is 0 Å². The molecule has 0 aliphatic heterocycles. The lowest BCUT2D eigenvalue weighted by Gasteiger charge is -2.31. The zero-order chi connectivity index (χ0) is 19.8. The number of imide groups is 1. The zero-order valence-corrected chi connectivity index (χ0v) is 16.0. The number of hydrogen-bond acceptors (Lipinski definition) is 8. The summed E-state index contributed by atoms with van der Waals surface area (Å²) in [5, 5.41) is 2.79. The van der Waals surface area contributed by atoms with Crippen LogP contribution in [0.25, 0.3) is 0 Å². The molecule has 0 bridgehead atoms. The van der Waals surface area contributed by atoms with Gasteiger partial charge in [0, 0.05) is 0 Å². The van der Waals surface area contributed by atoms with Crippen LogP contribution < -0.4 is 16.8 Å². The van der Waals surface area contributed by atoms with Crippen molar-refractivity contribution in [3.8, 4) is 0 Å². The van der Waals surface area contributed by atoms with Crippen LogP contribution in [-0.2, 0) is 14.3 Å². The van der Waals surface area contributed by atoms with E-state index in [4.69, 9.17) is 20.9 Å². The summed E-state index contributed by atoms with van der Waals surface area (Å²) in [4.78, 5) is 37.0. The van der Waals surface area contributed by atoms with Crippen LogP contribution in [0.15, 0.2) is 0 Å². The number of hydrogen-bond donors (Lipinski definition) is 3. The molecular weight excluding hydrogens is 328 g/mol. The van der Waals surface area contributed by atoms with Crippen molar-refractivity contribution in [2.45, 2.75) is 77.9 Å². The van der Waals surface area contributed by atoms with Crippen LogP contribution in [0.5, 0.6) is 0 Å². The molecule has 0 unspecified atom stereocenters. The molecule has 0 spiro atoms. The van der Waals surface area contributed by atoms with Crippen LogP contribution >= 0.6 is 0 Å². The summed E-state index contributed by atoms with van der Waals surface area (Å²) >= 11 is 0. The van der Waals surface area contributed by atoms with E-state index < -0.39 is 35.7 Å². The fourth-order valence-electron chi connectivity index (χ4n) is 1.81. The van der Waals surface area contributed by atoms with E-state index in [1.165, 1.54) is 0 Å². The van der Waals surface area contributed by atoms with E-state index in [1.807, 2.05) is 0 Å². The summed E-state index contributed by atoms with van der Waals surface area (Å²) in [5.41, 5.74) is 9.11. The lowest BCUT2D eigenvalue weighted by atomic mass is 10.1. The molecule has 2 amide bonds. The third-order valence-electron chi connectivity index (χ3n) is 2.73. The first-order chi connectivity index (χ1) is 11.3. The van der Waals surface area contributed by atoms with Crippen molar-refractivity contribution in [3.63, 3.8) is 0 Å². The van der Waals surface area contributed by atoms with Gasteiger partial charge < -0.3 is 25.7 Å². The lowest BCUT2D eigenvalue weighted by Crippen LogP contribution is -2.50. The Kier molecular flexibility index (Phi) is 9.03. The topological polar surface area (TPSA) is 137 Å². The number of carbonyl (C=O) groups is 3. The van der Waals surface area contributed by atoms with Crippen LogP contribution in [0, 0.1) is 0 Å². The standard InChI is InChI=1S/C16H32N4O5/c1-15(2,3)24-13(22)20(14(23)25-16(4,5)6)11(10-21)8-7-9-19-12(17)18/h10-12,19H,7-9,17-18H2,1-6H3/t11-/m0/s1. The molecule has 0 aliphatic rings. The predicted molar refractivity (Wildman–Crippen MR) is 93.6 cm³/mol. The number of nitrogens with two attached hydrogens (primary N) is 2. The molecule has 0 radical (unpaired) electrons. The van der Waals surface area contributed by atoms with E-state index in [1.54, 1.807) is 41.5 Å². The Labute approximate surface area is 149 Å². The van der Waals surface area contributed by atoms with Gasteiger partial charge in [-0.1, -0.05) is 0 Å². The second kappa shape index (κ2) is 9.69. The van der Waals surface area contributed by atoms with E-state index in [0.717, 1.165) is 0 Å². The Bertz CT molecular complexity index is 426. The fourth-order valence-corrected chi connectivity index (χ4v) is 1.81. The monoisotopic (exact) mass is 360 g/mol. The Morgan fingerprint density at radius 1 is 1.04 bits per heavy atom. The van der Waals surface area contributed by atoms with Crippen LogP contribution in [0.1, 0.15) is 54.4 Å². The molecule has 0 aliphatic carbocycles. The van der Waals surface area contributed by atoms with Gasteiger partial charge in [-0.05, 0) is 60.9 Å². The summed E-state index contributed by atoms with van der Waals surface area (Å²) in [7, 11) is 0. The maximum atomic E-state index is 12.4. The third kappa shape index (κ3) is 10.7. The third-order valence-corrected chi connectivity index (χ3v) is 2.73. The number of nitrogens with one attached hydrogen (secondary N) is 1. The van der Waals surface area contributed by atoms with Gasteiger partial charge in [-0.25, -0.2) is 14.5 Å². The SMILES string of the molecule is CC(C)(C)OC(=O)N(C(=O)OC(C)(C)C)[C@H](C=O)CCCNC(N)N. The summed E-state index contributed by atoms with van der Waals surface area (Å²) in [6.45, 7) is 10.4. The highest BCUT2D eigenvalue weighted by Gasteiger charge is 2.36. The number of ether oxygens (including phenoxy) is 2. The Hall–Kier alpha value is -1.71. The molecule has 0 heterocycles. The Morgan fingerprint density at radius 2 is 1.48 bits per heavy atom. The first-order valence-electron chi connectivity index (χ1n) is 8.22. The maximum Gasteiger partial charge on any atom is 0.420 e. The average molecular weight is 360 g/mol. The van der Waals surface area contributed by atoms with Crippen molar-refractivity contribution in [2.75, 3.05) is 6.54 Å². The summed E-state index contributed by atoms with van der Waals surface area (Å²) < 4.78 is 10.5. The summed E-state index contributed by atoms with van der Waals surface area (Å²) in [5.74, 6) is 0. The number of rotatable bonds is 7. The first kappa shape index (κ1) is 23.3. The Balaban J connectivity index is 5.20. The molecule has 25 heavy (non-hydrogen) atoms. The molecule has 1 atom stereocenters. The van der Waals surface area contributed by atoms with Gasteiger partial charge in [-0.3, -0.25) is 5.32 Å². The fraction of sp³-hybridized carbons (Fsp3) is 0.812. The molecular formula is C16H32N4O5. The van der Waals surface area contributed by atoms with Crippen molar-refractivity contribution in [3.05, 3.63) is 0 Å². The van der Waals surface area contributed by atoms with Crippen LogP contribution in [0.4, 0.5) is 9.59 Å². The molecule has 146 valence electrons. The maximum absolute atomic E-state index is 12.4. The molecule has 5 N–H and O–H groups in total. The average Bonchev–Trinajstić information content (AvgIpc) is 2.37. The summed E-state index contributed by atoms with van der Waals surface area (Å²) in [6, 6.07) is -1.01. The van der Waals surface area contributed by atoms with E-state index in [-0.39, 0.29) is 6.42 Å². The molecule has 0 aromatic carbocycles. The first-order valence-corrected chi connectivity index (χ1v) is 8.22. The Morgan fingerprint density at radius 3 is 1.80 bits per heavy atom. The van der Waals surface area contributed by atoms with Gasteiger partial charge in [-0.2, -0.15) is 0 Å². The molecule has 0 rings (SSSR count). The van der Waals surface area contributed by atoms with Gasteiger partial charge in [0.15, 0.2) is 0 Å². The number of carbonyl (C=O) groups excluding carboxylic acids is 3. The minimum absolute atomic E-state index is 0.224. The van der Waals surface area contributed by atoms with Gasteiger partial charge in [0.25, 0.3) is 0 Å². The molecule has 0 aromatic rings. The normalized spacial score (nSPS) is 13.3. The summed E-state index contributed by atoms with van der Waals surface area (Å²) in [6.07, 6.45) is -1.32. The minimum Gasteiger partial charge on any atom is -0.443 e. The van der Waals surface area contributed by atoms with Crippen LogP contribution in [0.2, 0.25) is 0 Å². The number of amides is 2. The lowest BCUT2D eigenvalue weighted by molar-refractivity contribution is -0.112. The second-order valence-corrected chi connectivity index (χ2v) is 7.66. The second-order valence-electron chi connectivity index (χ2n) is 7.66. The molecule has 0 aromatic heterocycles. The highest BCUT2D eigenvalue weighted by atomic mass is 16.6. The highest BCUT2D eigenvalue weighted by molar-refractivity contribution is 5.91.